The van der Waals surface area contributed by atoms with Crippen molar-refractivity contribution in [3.05, 3.63) is 28.8 Å². The van der Waals surface area contributed by atoms with Crippen molar-refractivity contribution >= 4 is 5.91 Å². The molecule has 2 rings (SSSR count). The minimum absolute atomic E-state index is 0.182. The Morgan fingerprint density at radius 1 is 1.15 bits per heavy atom. The van der Waals surface area contributed by atoms with Gasteiger partial charge in [0.15, 0.2) is 0 Å². The van der Waals surface area contributed by atoms with Crippen molar-refractivity contribution in [1.29, 1.82) is 0 Å². The minimum Gasteiger partial charge on any atom is -0.496 e. The van der Waals surface area contributed by atoms with Gasteiger partial charge >= 0.3 is 0 Å². The standard InChI is InChI=1S/C16H24N2O2/c1-12-10-16(20-4)13(2)9-15(12)11-17-5-7-18(8-6-17)14(3)19/h9-10H,5-8,11H2,1-4H3. The molecule has 0 unspecified atom stereocenters. The molecule has 110 valence electrons. The third-order valence-electron chi connectivity index (χ3n) is 4.06. The Kier molecular flexibility index (Phi) is 4.65. The number of hydrogen-bond acceptors (Lipinski definition) is 3. The first kappa shape index (κ1) is 14.9. The molecule has 1 aromatic rings. The summed E-state index contributed by atoms with van der Waals surface area (Å²) in [4.78, 5) is 15.7. The van der Waals surface area contributed by atoms with Gasteiger partial charge in [0.2, 0.25) is 5.91 Å². The van der Waals surface area contributed by atoms with Gasteiger partial charge in [0, 0.05) is 39.6 Å². The van der Waals surface area contributed by atoms with E-state index in [2.05, 4.69) is 30.9 Å². The van der Waals surface area contributed by atoms with Crippen molar-refractivity contribution in [3.63, 3.8) is 0 Å². The van der Waals surface area contributed by atoms with Gasteiger partial charge in [-0.25, -0.2) is 0 Å². The Morgan fingerprint density at radius 3 is 2.35 bits per heavy atom. The molecule has 0 spiro atoms. The fourth-order valence-electron chi connectivity index (χ4n) is 2.70. The van der Waals surface area contributed by atoms with Gasteiger partial charge in [0.05, 0.1) is 7.11 Å². The van der Waals surface area contributed by atoms with Gasteiger partial charge in [-0.15, -0.1) is 0 Å². The zero-order valence-electron chi connectivity index (χ0n) is 12.9. The summed E-state index contributed by atoms with van der Waals surface area (Å²) in [5, 5.41) is 0. The summed E-state index contributed by atoms with van der Waals surface area (Å²) >= 11 is 0. The number of hydrogen-bond donors (Lipinski definition) is 0. The first-order valence-corrected chi connectivity index (χ1v) is 7.13. The molecular formula is C16H24N2O2. The maximum absolute atomic E-state index is 11.3. The average Bonchev–Trinajstić information content (AvgIpc) is 2.43. The second kappa shape index (κ2) is 6.27. The number of methoxy groups -OCH3 is 1. The van der Waals surface area contributed by atoms with Crippen molar-refractivity contribution in [3.8, 4) is 5.75 Å². The first-order chi connectivity index (χ1) is 9.51. The molecule has 1 aromatic carbocycles. The SMILES string of the molecule is COc1cc(C)c(CN2CCN(C(C)=O)CC2)cc1C. The lowest BCUT2D eigenvalue weighted by Crippen LogP contribution is -2.47. The van der Waals surface area contributed by atoms with E-state index < -0.39 is 0 Å². The molecule has 0 radical (unpaired) electrons. The molecule has 1 saturated heterocycles. The molecule has 1 aliphatic rings. The molecule has 0 bridgehead atoms. The number of nitrogens with zero attached hydrogens (tertiary/aromatic N) is 2. The van der Waals surface area contributed by atoms with Crippen LogP contribution in [0, 0.1) is 13.8 Å². The Morgan fingerprint density at radius 2 is 1.80 bits per heavy atom. The summed E-state index contributed by atoms with van der Waals surface area (Å²) in [6, 6.07) is 4.32. The quantitative estimate of drug-likeness (QED) is 0.846. The van der Waals surface area contributed by atoms with E-state index in [1.54, 1.807) is 14.0 Å². The molecule has 0 aromatic heterocycles. The topological polar surface area (TPSA) is 32.8 Å². The van der Waals surface area contributed by atoms with Crippen LogP contribution in [0.5, 0.6) is 5.75 Å². The van der Waals surface area contributed by atoms with Crippen LogP contribution in [0.25, 0.3) is 0 Å². The second-order valence-electron chi connectivity index (χ2n) is 5.53. The van der Waals surface area contributed by atoms with Crippen LogP contribution < -0.4 is 4.74 Å². The van der Waals surface area contributed by atoms with Crippen LogP contribution in [0.1, 0.15) is 23.6 Å². The number of amides is 1. The average molecular weight is 276 g/mol. The summed E-state index contributed by atoms with van der Waals surface area (Å²) in [6.07, 6.45) is 0. The Labute approximate surface area is 121 Å². The molecule has 0 N–H and O–H groups in total. The fraction of sp³-hybridized carbons (Fsp3) is 0.562. The summed E-state index contributed by atoms with van der Waals surface area (Å²) in [7, 11) is 1.71. The Balaban J connectivity index is 2.01. The van der Waals surface area contributed by atoms with Crippen LogP contribution in [0.2, 0.25) is 0 Å². The number of piperazine rings is 1. The van der Waals surface area contributed by atoms with Crippen molar-refractivity contribution in [1.82, 2.24) is 9.80 Å². The van der Waals surface area contributed by atoms with Crippen LogP contribution >= 0.6 is 0 Å². The van der Waals surface area contributed by atoms with E-state index in [1.165, 1.54) is 16.7 Å². The molecular weight excluding hydrogens is 252 g/mol. The van der Waals surface area contributed by atoms with Gasteiger partial charge in [-0.3, -0.25) is 9.69 Å². The second-order valence-corrected chi connectivity index (χ2v) is 5.53. The highest BCUT2D eigenvalue weighted by Crippen LogP contribution is 2.23. The highest BCUT2D eigenvalue weighted by molar-refractivity contribution is 5.73. The van der Waals surface area contributed by atoms with Crippen LogP contribution in [-0.4, -0.2) is 49.0 Å². The molecule has 4 heteroatoms. The van der Waals surface area contributed by atoms with Gasteiger partial charge in [0.1, 0.15) is 5.75 Å². The molecule has 1 fully saturated rings. The summed E-state index contributed by atoms with van der Waals surface area (Å²) in [6.45, 7) is 10.4. The summed E-state index contributed by atoms with van der Waals surface area (Å²) in [5.41, 5.74) is 3.79. The monoisotopic (exact) mass is 276 g/mol. The molecule has 0 saturated carbocycles. The lowest BCUT2D eigenvalue weighted by molar-refractivity contribution is -0.130. The molecule has 0 aliphatic carbocycles. The third kappa shape index (κ3) is 3.31. The predicted molar refractivity (Wildman–Crippen MR) is 80.0 cm³/mol. The van der Waals surface area contributed by atoms with E-state index >= 15 is 0 Å². The summed E-state index contributed by atoms with van der Waals surface area (Å²) in [5.74, 6) is 1.13. The number of aryl methyl sites for hydroxylation is 2. The third-order valence-corrected chi connectivity index (χ3v) is 4.06. The molecule has 4 nitrogen and oxygen atoms in total. The van der Waals surface area contributed by atoms with Crippen LogP contribution in [-0.2, 0) is 11.3 Å². The van der Waals surface area contributed by atoms with Crippen molar-refractivity contribution in [2.75, 3.05) is 33.3 Å². The largest absolute Gasteiger partial charge is 0.496 e. The van der Waals surface area contributed by atoms with E-state index in [-0.39, 0.29) is 5.91 Å². The number of ether oxygens (including phenoxy) is 1. The van der Waals surface area contributed by atoms with Gasteiger partial charge in [-0.2, -0.15) is 0 Å². The van der Waals surface area contributed by atoms with Gasteiger partial charge < -0.3 is 9.64 Å². The van der Waals surface area contributed by atoms with Crippen LogP contribution in [0.3, 0.4) is 0 Å². The van der Waals surface area contributed by atoms with E-state index in [0.717, 1.165) is 38.5 Å². The summed E-state index contributed by atoms with van der Waals surface area (Å²) < 4.78 is 5.35. The smallest absolute Gasteiger partial charge is 0.219 e. The Hall–Kier alpha value is -1.55. The zero-order valence-corrected chi connectivity index (χ0v) is 12.9. The zero-order chi connectivity index (χ0) is 14.7. The molecule has 1 heterocycles. The normalized spacial score (nSPS) is 16.3. The lowest BCUT2D eigenvalue weighted by Gasteiger charge is -2.34. The van der Waals surface area contributed by atoms with E-state index in [9.17, 15) is 4.79 Å². The first-order valence-electron chi connectivity index (χ1n) is 7.13. The maximum atomic E-state index is 11.3. The van der Waals surface area contributed by atoms with E-state index in [4.69, 9.17) is 4.74 Å². The van der Waals surface area contributed by atoms with Gasteiger partial charge in [-0.1, -0.05) is 6.07 Å². The predicted octanol–water partition coefficient (Wildman–Crippen LogP) is 1.98. The number of carbonyl (C=O) groups excluding carboxylic acids is 1. The van der Waals surface area contributed by atoms with E-state index in [1.807, 2.05) is 4.90 Å². The number of benzene rings is 1. The van der Waals surface area contributed by atoms with Crippen molar-refractivity contribution < 1.29 is 9.53 Å². The van der Waals surface area contributed by atoms with Gasteiger partial charge in [-0.05, 0) is 36.6 Å². The molecule has 20 heavy (non-hydrogen) atoms. The van der Waals surface area contributed by atoms with Crippen LogP contribution in [0.15, 0.2) is 12.1 Å². The van der Waals surface area contributed by atoms with Crippen LogP contribution in [0.4, 0.5) is 0 Å². The lowest BCUT2D eigenvalue weighted by atomic mass is 10.0. The molecule has 0 atom stereocenters. The number of rotatable bonds is 3. The maximum Gasteiger partial charge on any atom is 0.219 e. The van der Waals surface area contributed by atoms with E-state index in [0.29, 0.717) is 0 Å². The van der Waals surface area contributed by atoms with Gasteiger partial charge in [0.25, 0.3) is 0 Å². The molecule has 1 amide bonds. The van der Waals surface area contributed by atoms with Crippen molar-refractivity contribution in [2.24, 2.45) is 0 Å². The minimum atomic E-state index is 0.182. The Bertz CT molecular complexity index is 491. The molecule has 1 aliphatic heterocycles. The highest BCUT2D eigenvalue weighted by atomic mass is 16.5. The highest BCUT2D eigenvalue weighted by Gasteiger charge is 2.19. The van der Waals surface area contributed by atoms with Crippen molar-refractivity contribution in [2.45, 2.75) is 27.3 Å². The number of carbonyl (C=O) groups is 1. The fourth-order valence-corrected chi connectivity index (χ4v) is 2.70.